The largest absolute Gasteiger partial charge is 0.494 e. The first-order valence-electron chi connectivity index (χ1n) is 7.16. The van der Waals surface area contributed by atoms with Crippen LogP contribution in [0.1, 0.15) is 54.0 Å². The third kappa shape index (κ3) is 2.68. The van der Waals surface area contributed by atoms with Crippen LogP contribution in [0.5, 0.6) is 0 Å². The number of aldehydes is 1. The number of ether oxygens (including phenoxy) is 1. The van der Waals surface area contributed by atoms with Gasteiger partial charge in [0, 0.05) is 5.56 Å². The molecule has 1 fully saturated rings. The highest BCUT2D eigenvalue weighted by atomic mass is 16.7. The molecule has 1 heterocycles. The maximum atomic E-state index is 11.9. The van der Waals surface area contributed by atoms with Crippen molar-refractivity contribution in [3.05, 3.63) is 28.8 Å². The molecule has 1 aliphatic heterocycles. The van der Waals surface area contributed by atoms with Crippen molar-refractivity contribution in [3.63, 3.8) is 0 Å². The molecule has 1 aliphatic rings. The van der Waals surface area contributed by atoms with Gasteiger partial charge in [0.15, 0.2) is 0 Å². The summed E-state index contributed by atoms with van der Waals surface area (Å²) in [7, 11) is 0.678. The number of carbonyl (C=O) groups excluding carboxylic acids is 2. The van der Waals surface area contributed by atoms with Crippen LogP contribution in [0.3, 0.4) is 0 Å². The van der Waals surface area contributed by atoms with Crippen LogP contribution in [-0.4, -0.2) is 37.7 Å². The molecule has 0 spiro atoms. The van der Waals surface area contributed by atoms with Gasteiger partial charge in [0.1, 0.15) is 6.29 Å². The van der Waals surface area contributed by atoms with E-state index in [4.69, 9.17) is 14.0 Å². The van der Waals surface area contributed by atoms with E-state index in [0.29, 0.717) is 22.2 Å². The number of carbonyl (C=O) groups is 2. The Bertz CT molecular complexity index is 605. The topological polar surface area (TPSA) is 61.8 Å². The van der Waals surface area contributed by atoms with Crippen molar-refractivity contribution >= 4 is 24.8 Å². The Labute approximate surface area is 131 Å². The van der Waals surface area contributed by atoms with Crippen molar-refractivity contribution in [1.82, 2.24) is 0 Å². The van der Waals surface area contributed by atoms with Crippen molar-refractivity contribution in [2.24, 2.45) is 0 Å². The second-order valence-corrected chi connectivity index (χ2v) is 6.48. The zero-order valence-corrected chi connectivity index (χ0v) is 13.9. The van der Waals surface area contributed by atoms with E-state index in [1.807, 2.05) is 27.7 Å². The van der Waals surface area contributed by atoms with Crippen molar-refractivity contribution in [3.8, 4) is 0 Å². The van der Waals surface area contributed by atoms with E-state index in [-0.39, 0.29) is 0 Å². The fourth-order valence-electron chi connectivity index (χ4n) is 2.32. The number of rotatable bonds is 3. The molecule has 6 heteroatoms. The highest BCUT2D eigenvalue weighted by Gasteiger charge is 2.51. The monoisotopic (exact) mass is 304 g/mol. The fourth-order valence-corrected chi connectivity index (χ4v) is 2.32. The molecule has 0 aromatic heterocycles. The van der Waals surface area contributed by atoms with Gasteiger partial charge < -0.3 is 14.0 Å². The van der Waals surface area contributed by atoms with Gasteiger partial charge in [0.05, 0.1) is 23.9 Å². The van der Waals surface area contributed by atoms with E-state index in [1.165, 1.54) is 7.11 Å². The molecule has 22 heavy (non-hydrogen) atoms. The highest BCUT2D eigenvalue weighted by molar-refractivity contribution is 6.62. The number of esters is 1. The van der Waals surface area contributed by atoms with Gasteiger partial charge in [0.25, 0.3) is 0 Å². The second-order valence-electron chi connectivity index (χ2n) is 6.48. The van der Waals surface area contributed by atoms with Crippen LogP contribution in [0.15, 0.2) is 12.1 Å². The summed E-state index contributed by atoms with van der Waals surface area (Å²) in [4.78, 5) is 23.2. The predicted octanol–water partition coefficient (Wildman–Crippen LogP) is 1.89. The SMILES string of the molecule is COC(=O)c1cc(B2OC(C)(C)C(C)(C)O2)cc(C=O)c1C. The first-order chi connectivity index (χ1) is 10.1. The van der Waals surface area contributed by atoms with Gasteiger partial charge in [0.2, 0.25) is 0 Å². The molecular weight excluding hydrogens is 283 g/mol. The maximum Gasteiger partial charge on any atom is 0.494 e. The molecule has 0 unspecified atom stereocenters. The van der Waals surface area contributed by atoms with Gasteiger partial charge in [-0.25, -0.2) is 4.79 Å². The molecule has 0 amide bonds. The standard InChI is InChI=1S/C16H21BO5/c1-10-11(9-18)7-12(8-13(10)14(19)20-6)17-21-15(2,3)16(4,5)22-17/h7-9H,1-6H3. The molecule has 1 aromatic carbocycles. The normalized spacial score (nSPS) is 19.1. The molecule has 0 aliphatic carbocycles. The van der Waals surface area contributed by atoms with Crippen molar-refractivity contribution in [1.29, 1.82) is 0 Å². The smallest absolute Gasteiger partial charge is 0.465 e. The van der Waals surface area contributed by atoms with E-state index < -0.39 is 24.3 Å². The van der Waals surface area contributed by atoms with Crippen LogP contribution >= 0.6 is 0 Å². The van der Waals surface area contributed by atoms with Gasteiger partial charge in [-0.05, 0) is 51.7 Å². The molecule has 2 rings (SSSR count). The Balaban J connectivity index is 2.49. The Morgan fingerprint density at radius 2 is 1.73 bits per heavy atom. The number of hydrogen-bond donors (Lipinski definition) is 0. The van der Waals surface area contributed by atoms with Crippen LogP contribution in [-0.2, 0) is 14.0 Å². The fraction of sp³-hybridized carbons (Fsp3) is 0.500. The average Bonchev–Trinajstić information content (AvgIpc) is 2.67. The maximum absolute atomic E-state index is 11.9. The van der Waals surface area contributed by atoms with E-state index in [1.54, 1.807) is 19.1 Å². The Morgan fingerprint density at radius 1 is 1.18 bits per heavy atom. The van der Waals surface area contributed by atoms with Gasteiger partial charge in [-0.15, -0.1) is 0 Å². The highest BCUT2D eigenvalue weighted by Crippen LogP contribution is 2.36. The second kappa shape index (κ2) is 5.52. The summed E-state index contributed by atoms with van der Waals surface area (Å²) in [6.07, 6.45) is 0.719. The summed E-state index contributed by atoms with van der Waals surface area (Å²) < 4.78 is 16.7. The molecule has 0 radical (unpaired) electrons. The first-order valence-corrected chi connectivity index (χ1v) is 7.16. The van der Waals surface area contributed by atoms with Gasteiger partial charge in [-0.3, -0.25) is 4.79 Å². The molecule has 118 valence electrons. The quantitative estimate of drug-likeness (QED) is 0.485. The van der Waals surface area contributed by atoms with Crippen LogP contribution < -0.4 is 5.46 Å². The van der Waals surface area contributed by atoms with Gasteiger partial charge in [-0.1, -0.05) is 6.07 Å². The van der Waals surface area contributed by atoms with Crippen molar-refractivity contribution in [2.75, 3.05) is 7.11 Å². The molecule has 1 aromatic rings. The molecule has 0 N–H and O–H groups in total. The summed E-state index contributed by atoms with van der Waals surface area (Å²) in [6, 6.07) is 3.35. The lowest BCUT2D eigenvalue weighted by atomic mass is 9.76. The number of hydrogen-bond acceptors (Lipinski definition) is 5. The van der Waals surface area contributed by atoms with Gasteiger partial charge in [-0.2, -0.15) is 0 Å². The number of benzene rings is 1. The molecule has 0 bridgehead atoms. The average molecular weight is 304 g/mol. The molecular formula is C16H21BO5. The van der Waals surface area contributed by atoms with E-state index in [0.717, 1.165) is 6.29 Å². The predicted molar refractivity (Wildman–Crippen MR) is 83.6 cm³/mol. The lowest BCUT2D eigenvalue weighted by molar-refractivity contribution is 0.00578. The van der Waals surface area contributed by atoms with Crippen molar-refractivity contribution < 1.29 is 23.6 Å². The summed E-state index contributed by atoms with van der Waals surface area (Å²) in [6.45, 7) is 9.50. The Hall–Kier alpha value is -1.66. The lowest BCUT2D eigenvalue weighted by Crippen LogP contribution is -2.41. The van der Waals surface area contributed by atoms with E-state index in [2.05, 4.69) is 0 Å². The minimum absolute atomic E-state index is 0.344. The molecule has 0 saturated carbocycles. The van der Waals surface area contributed by atoms with Crippen LogP contribution in [0.4, 0.5) is 0 Å². The molecule has 0 atom stereocenters. The summed E-state index contributed by atoms with van der Waals surface area (Å²) in [5.74, 6) is -0.487. The molecule has 1 saturated heterocycles. The third-order valence-electron chi connectivity index (χ3n) is 4.53. The van der Waals surface area contributed by atoms with Gasteiger partial charge >= 0.3 is 13.1 Å². The van der Waals surface area contributed by atoms with E-state index >= 15 is 0 Å². The minimum Gasteiger partial charge on any atom is -0.465 e. The molecule has 5 nitrogen and oxygen atoms in total. The van der Waals surface area contributed by atoms with Crippen LogP contribution in [0.25, 0.3) is 0 Å². The summed E-state index contributed by atoms with van der Waals surface area (Å²) in [5, 5.41) is 0. The van der Waals surface area contributed by atoms with E-state index in [9.17, 15) is 9.59 Å². The number of methoxy groups -OCH3 is 1. The zero-order valence-electron chi connectivity index (χ0n) is 13.9. The summed E-state index contributed by atoms with van der Waals surface area (Å²) in [5.41, 5.74) is 1.00. The van der Waals surface area contributed by atoms with Crippen LogP contribution in [0.2, 0.25) is 0 Å². The summed E-state index contributed by atoms with van der Waals surface area (Å²) >= 11 is 0. The first kappa shape index (κ1) is 16.7. The minimum atomic E-state index is -0.632. The Morgan fingerprint density at radius 3 is 2.18 bits per heavy atom. The van der Waals surface area contributed by atoms with Crippen LogP contribution in [0, 0.1) is 6.92 Å². The lowest BCUT2D eigenvalue weighted by Gasteiger charge is -2.32. The zero-order chi connectivity index (χ0) is 16.7. The Kier molecular flexibility index (Phi) is 4.19. The van der Waals surface area contributed by atoms with Crippen molar-refractivity contribution in [2.45, 2.75) is 45.8 Å². The third-order valence-corrected chi connectivity index (χ3v) is 4.53.